The van der Waals surface area contributed by atoms with Crippen molar-refractivity contribution in [2.45, 2.75) is 86.3 Å². The summed E-state index contributed by atoms with van der Waals surface area (Å²) in [6.45, 7) is 10.2. The Morgan fingerprint density at radius 1 is 0.914 bits per heavy atom. The quantitative estimate of drug-likeness (QED) is 0.0864. The molecule has 4 rings (SSSR count). The summed E-state index contributed by atoms with van der Waals surface area (Å²) in [6.07, 6.45) is 9.47. The van der Waals surface area contributed by atoms with Crippen LogP contribution in [0.15, 0.2) is 105 Å². The van der Waals surface area contributed by atoms with Gasteiger partial charge in [-0.1, -0.05) is 49.4 Å². The van der Waals surface area contributed by atoms with Crippen LogP contribution >= 0.6 is 11.6 Å². The maximum Gasteiger partial charge on any atom is 0.294 e. The van der Waals surface area contributed by atoms with E-state index in [0.717, 1.165) is 11.1 Å². The molecule has 1 aliphatic heterocycles. The number of allylic oxidation sites excluding steroid dienone is 9. The van der Waals surface area contributed by atoms with E-state index in [4.69, 9.17) is 16.3 Å². The molecule has 0 bridgehead atoms. The third kappa shape index (κ3) is 11.6. The number of halogens is 1. The summed E-state index contributed by atoms with van der Waals surface area (Å²) >= 11 is 7.05. The summed E-state index contributed by atoms with van der Waals surface area (Å²) in [7, 11) is -16.2. The molecule has 2 atom stereocenters. The minimum atomic E-state index is -4.59. The van der Waals surface area contributed by atoms with Crippen molar-refractivity contribution in [1.29, 1.82) is 0 Å². The van der Waals surface area contributed by atoms with Crippen molar-refractivity contribution in [3.8, 4) is 0 Å². The Hall–Kier alpha value is -3.17. The number of benzene rings is 2. The number of hydrogen-bond acceptors (Lipinski definition) is 10. The van der Waals surface area contributed by atoms with E-state index >= 15 is 0 Å². The maximum absolute atomic E-state index is 12.2. The Balaban J connectivity index is 1.79. The van der Waals surface area contributed by atoms with Crippen LogP contribution in [0.3, 0.4) is 0 Å². The third-order valence-electron chi connectivity index (χ3n) is 10.9. The molecule has 0 radical (unpaired) electrons. The van der Waals surface area contributed by atoms with Gasteiger partial charge in [0.05, 0.1) is 27.9 Å². The minimum absolute atomic E-state index is 0.0138. The zero-order valence-electron chi connectivity index (χ0n) is 32.7. The highest BCUT2D eigenvalue weighted by Crippen LogP contribution is 2.51. The molecule has 1 heterocycles. The molecule has 0 saturated carbocycles. The fourth-order valence-electron chi connectivity index (χ4n) is 7.69. The standard InChI is InChI=1S/C39H50ClNO13S4/c1-27-11-15-31(57(48,49)50)25-33(27)38(3,19-7-23-55(42,43)44)28(2)12-13-29-9-6-10-30(37(29)40)14-18-36-39(4,20-8-24-56(45,46)47)34-26-32(58(51,52)53)16-17-35(34)41(36)21-22-54-5/h11-18,25-26H,2,6-10,19-24H2,1,3-5H3,(H,42,43,44)(H,45,46,47)(H,48,49,50)(H,51,52,53)/b13-12+,30-14+,36-18+. The van der Waals surface area contributed by atoms with Crippen LogP contribution in [0.5, 0.6) is 0 Å². The average molecular weight is 905 g/mol. The number of ether oxygens (including phenoxy) is 1. The number of fused-ring (bicyclic) bond motifs is 1. The zero-order valence-corrected chi connectivity index (χ0v) is 36.7. The second-order valence-corrected chi connectivity index (χ2v) is 21.4. The SMILES string of the molecule is C=C(/C=C/C1=C(Cl)C(=C/C=C2/N(CCOC)c3ccc(S(=O)(=O)O)cc3C2(C)CCCS(=O)(=O)O)/CCC1)C(C)(CCCS(=O)(=O)O)c1cc(S(=O)(=O)O)ccc1C. The van der Waals surface area contributed by atoms with Crippen molar-refractivity contribution in [2.24, 2.45) is 0 Å². The maximum atomic E-state index is 12.2. The van der Waals surface area contributed by atoms with Crippen molar-refractivity contribution in [2.75, 3.05) is 36.7 Å². The average Bonchev–Trinajstić information content (AvgIpc) is 3.33. The monoisotopic (exact) mass is 903 g/mol. The highest BCUT2D eigenvalue weighted by molar-refractivity contribution is 7.86. The molecule has 2 aliphatic rings. The second kappa shape index (κ2) is 18.2. The summed E-state index contributed by atoms with van der Waals surface area (Å²) in [5, 5.41) is 0.450. The molecular weight excluding hydrogens is 854 g/mol. The van der Waals surface area contributed by atoms with Gasteiger partial charge in [-0.3, -0.25) is 18.2 Å². The van der Waals surface area contributed by atoms with Gasteiger partial charge in [0.25, 0.3) is 40.5 Å². The third-order valence-corrected chi connectivity index (χ3v) is 14.7. The lowest BCUT2D eigenvalue weighted by Gasteiger charge is -2.33. The Morgan fingerprint density at radius 3 is 2.12 bits per heavy atom. The van der Waals surface area contributed by atoms with Gasteiger partial charge in [-0.25, -0.2) is 0 Å². The van der Waals surface area contributed by atoms with Crippen LogP contribution in [-0.2, 0) is 56.0 Å². The molecule has 0 fully saturated rings. The van der Waals surface area contributed by atoms with Crippen LogP contribution in [0.4, 0.5) is 5.69 Å². The highest BCUT2D eigenvalue weighted by atomic mass is 35.5. The van der Waals surface area contributed by atoms with Gasteiger partial charge < -0.3 is 9.64 Å². The molecule has 0 spiro atoms. The molecular formula is C39H50ClNO13S4. The molecule has 58 heavy (non-hydrogen) atoms. The predicted octanol–water partition coefficient (Wildman–Crippen LogP) is 7.11. The van der Waals surface area contributed by atoms with Gasteiger partial charge in [-0.2, -0.15) is 33.7 Å². The van der Waals surface area contributed by atoms with E-state index in [-0.39, 0.29) is 42.1 Å². The van der Waals surface area contributed by atoms with Gasteiger partial charge in [0.15, 0.2) is 0 Å². The number of methoxy groups -OCH3 is 1. The Morgan fingerprint density at radius 2 is 1.52 bits per heavy atom. The van der Waals surface area contributed by atoms with Crippen molar-refractivity contribution in [3.63, 3.8) is 0 Å². The summed E-state index contributed by atoms with van der Waals surface area (Å²) in [4.78, 5) is 1.27. The number of hydrogen-bond donors (Lipinski definition) is 4. The molecule has 4 N–H and O–H groups in total. The van der Waals surface area contributed by atoms with Crippen molar-refractivity contribution in [3.05, 3.63) is 111 Å². The molecule has 0 aromatic heterocycles. The zero-order chi connectivity index (χ0) is 43.5. The predicted molar refractivity (Wildman–Crippen MR) is 224 cm³/mol. The van der Waals surface area contributed by atoms with E-state index in [0.29, 0.717) is 64.5 Å². The van der Waals surface area contributed by atoms with Crippen LogP contribution < -0.4 is 4.90 Å². The number of aryl methyl sites for hydroxylation is 1. The lowest BCUT2D eigenvalue weighted by Crippen LogP contribution is -2.31. The van der Waals surface area contributed by atoms with Gasteiger partial charge >= 0.3 is 0 Å². The molecule has 1 aliphatic carbocycles. The van der Waals surface area contributed by atoms with Gasteiger partial charge in [0.1, 0.15) is 0 Å². The first-order valence-electron chi connectivity index (χ1n) is 18.3. The molecule has 2 aromatic rings. The topological polar surface area (TPSA) is 230 Å². The van der Waals surface area contributed by atoms with Crippen molar-refractivity contribution < 1.29 is 56.6 Å². The molecule has 2 unspecified atom stereocenters. The van der Waals surface area contributed by atoms with Crippen LogP contribution in [0.1, 0.15) is 75.5 Å². The first kappa shape index (κ1) is 47.5. The van der Waals surface area contributed by atoms with Gasteiger partial charge in [0, 0.05) is 40.9 Å². The van der Waals surface area contributed by atoms with E-state index in [9.17, 15) is 51.9 Å². The first-order valence-corrected chi connectivity index (χ1v) is 24.7. The van der Waals surface area contributed by atoms with Gasteiger partial charge in [-0.05, 0) is 129 Å². The lowest BCUT2D eigenvalue weighted by atomic mass is 9.71. The lowest BCUT2D eigenvalue weighted by molar-refractivity contribution is 0.206. The largest absolute Gasteiger partial charge is 0.383 e. The van der Waals surface area contributed by atoms with Crippen LogP contribution in [-0.4, -0.2) is 83.6 Å². The van der Waals surface area contributed by atoms with E-state index in [2.05, 4.69) is 6.58 Å². The fraction of sp³-hybridized carbons (Fsp3) is 0.436. The molecule has 2 aromatic carbocycles. The summed E-state index contributed by atoms with van der Waals surface area (Å²) in [5.41, 5.74) is 2.96. The second-order valence-electron chi connectivity index (χ2n) is 15.0. The molecule has 320 valence electrons. The molecule has 0 amide bonds. The van der Waals surface area contributed by atoms with E-state index < -0.39 is 62.8 Å². The molecule has 14 nitrogen and oxygen atoms in total. The van der Waals surface area contributed by atoms with Gasteiger partial charge in [0.2, 0.25) is 0 Å². The minimum Gasteiger partial charge on any atom is -0.383 e. The smallest absolute Gasteiger partial charge is 0.294 e. The van der Waals surface area contributed by atoms with E-state index in [1.807, 2.05) is 24.0 Å². The van der Waals surface area contributed by atoms with E-state index in [1.165, 1.54) is 37.4 Å². The van der Waals surface area contributed by atoms with Crippen LogP contribution in [0.2, 0.25) is 0 Å². The Kier molecular flexibility index (Phi) is 14.9. The van der Waals surface area contributed by atoms with Crippen molar-refractivity contribution >= 4 is 57.8 Å². The molecule has 0 saturated heterocycles. The van der Waals surface area contributed by atoms with Crippen LogP contribution in [0, 0.1) is 6.92 Å². The molecule has 19 heteroatoms. The van der Waals surface area contributed by atoms with Gasteiger partial charge in [-0.15, -0.1) is 0 Å². The fourth-order valence-corrected chi connectivity index (χ4v) is 10.0. The Labute approximate surface area is 347 Å². The van der Waals surface area contributed by atoms with E-state index in [1.54, 1.807) is 32.1 Å². The highest BCUT2D eigenvalue weighted by Gasteiger charge is 2.44. The number of rotatable bonds is 18. The number of nitrogens with zero attached hydrogens (tertiary/aromatic N) is 1. The first-order chi connectivity index (χ1) is 26.7. The Bertz CT molecular complexity index is 2510. The summed E-state index contributed by atoms with van der Waals surface area (Å²) < 4.78 is 139. The summed E-state index contributed by atoms with van der Waals surface area (Å²) in [5.74, 6) is -1.06. The van der Waals surface area contributed by atoms with Crippen LogP contribution in [0.25, 0.3) is 0 Å². The normalized spacial score (nSPS) is 20.6. The summed E-state index contributed by atoms with van der Waals surface area (Å²) in [6, 6.07) is 8.36. The van der Waals surface area contributed by atoms with Crippen molar-refractivity contribution in [1.82, 2.24) is 0 Å². The number of anilines is 1.